The van der Waals surface area contributed by atoms with Gasteiger partial charge in [0, 0.05) is 38.3 Å². The number of hydrogen-bond donors (Lipinski definition) is 2. The molecule has 0 spiro atoms. The zero-order valence-electron chi connectivity index (χ0n) is 11.9. The number of nitrogens with zero attached hydrogens (tertiary/aromatic N) is 1. The van der Waals surface area contributed by atoms with E-state index in [1.165, 1.54) is 4.31 Å². The van der Waals surface area contributed by atoms with E-state index in [2.05, 4.69) is 10.6 Å². The molecule has 0 aliphatic carbocycles. The van der Waals surface area contributed by atoms with Crippen LogP contribution in [-0.4, -0.2) is 57.1 Å². The summed E-state index contributed by atoms with van der Waals surface area (Å²) in [5.74, 6) is -0.0996. The topological polar surface area (TPSA) is 78.5 Å². The molecule has 1 heterocycles. The van der Waals surface area contributed by atoms with Gasteiger partial charge >= 0.3 is 0 Å². The van der Waals surface area contributed by atoms with Crippen molar-refractivity contribution in [2.45, 2.75) is 6.42 Å². The fraction of sp³-hybridized carbons (Fsp3) is 0.500. The Balaban J connectivity index is 1.73. The summed E-state index contributed by atoms with van der Waals surface area (Å²) in [6.07, 6.45) is 0.421. The van der Waals surface area contributed by atoms with Crippen molar-refractivity contribution in [1.82, 2.24) is 14.9 Å². The Hall–Kier alpha value is -1.44. The number of sulfonamides is 1. The lowest BCUT2D eigenvalue weighted by molar-refractivity contribution is 0.0953. The molecular weight excluding hydrogens is 290 g/mol. The molecular formula is C14H21N3O3S. The Morgan fingerprint density at radius 3 is 2.52 bits per heavy atom. The van der Waals surface area contributed by atoms with Gasteiger partial charge in [-0.3, -0.25) is 4.79 Å². The third-order valence-electron chi connectivity index (χ3n) is 3.37. The zero-order valence-corrected chi connectivity index (χ0v) is 12.7. The van der Waals surface area contributed by atoms with Gasteiger partial charge in [-0.2, -0.15) is 4.31 Å². The summed E-state index contributed by atoms with van der Waals surface area (Å²) in [5.41, 5.74) is 0.586. The Morgan fingerprint density at radius 2 is 1.86 bits per heavy atom. The molecule has 1 aliphatic rings. The molecule has 0 unspecified atom stereocenters. The summed E-state index contributed by atoms with van der Waals surface area (Å²) in [6, 6.07) is 8.89. The van der Waals surface area contributed by atoms with Crippen LogP contribution in [0.3, 0.4) is 0 Å². The van der Waals surface area contributed by atoms with Crippen molar-refractivity contribution >= 4 is 15.9 Å². The second-order valence-electron chi connectivity index (χ2n) is 4.94. The predicted molar refractivity (Wildman–Crippen MR) is 81.6 cm³/mol. The summed E-state index contributed by atoms with van der Waals surface area (Å²) in [5, 5.41) is 5.86. The molecule has 1 aromatic rings. The number of piperazine rings is 1. The Labute approximate surface area is 125 Å². The van der Waals surface area contributed by atoms with Crippen LogP contribution in [0.25, 0.3) is 0 Å². The van der Waals surface area contributed by atoms with Crippen LogP contribution in [0.15, 0.2) is 30.3 Å². The van der Waals surface area contributed by atoms with E-state index < -0.39 is 10.0 Å². The van der Waals surface area contributed by atoms with Crippen LogP contribution < -0.4 is 10.6 Å². The molecule has 6 nitrogen and oxygen atoms in total. The molecule has 7 heteroatoms. The van der Waals surface area contributed by atoms with Gasteiger partial charge in [0.15, 0.2) is 0 Å². The molecule has 0 aromatic heterocycles. The van der Waals surface area contributed by atoms with Crippen molar-refractivity contribution in [1.29, 1.82) is 0 Å². The number of carbonyl (C=O) groups is 1. The first-order valence-corrected chi connectivity index (χ1v) is 8.72. The van der Waals surface area contributed by atoms with Crippen molar-refractivity contribution in [3.63, 3.8) is 0 Å². The second-order valence-corrected chi connectivity index (χ2v) is 7.03. The number of rotatable bonds is 6. The summed E-state index contributed by atoms with van der Waals surface area (Å²) < 4.78 is 25.7. The highest BCUT2D eigenvalue weighted by atomic mass is 32.2. The van der Waals surface area contributed by atoms with E-state index in [4.69, 9.17) is 0 Å². The zero-order chi connectivity index (χ0) is 15.1. The molecule has 1 aliphatic heterocycles. The van der Waals surface area contributed by atoms with Crippen molar-refractivity contribution in [2.24, 2.45) is 0 Å². The van der Waals surface area contributed by atoms with Crippen molar-refractivity contribution in [3.8, 4) is 0 Å². The van der Waals surface area contributed by atoms with Gasteiger partial charge in [-0.25, -0.2) is 8.42 Å². The van der Waals surface area contributed by atoms with Gasteiger partial charge in [-0.15, -0.1) is 0 Å². The SMILES string of the molecule is O=C(NCCCS(=O)(=O)N1CCNCC1)c1ccccc1. The fourth-order valence-corrected chi connectivity index (χ4v) is 3.71. The third kappa shape index (κ3) is 4.80. The Bertz CT molecular complexity index is 554. The van der Waals surface area contributed by atoms with E-state index >= 15 is 0 Å². The van der Waals surface area contributed by atoms with Gasteiger partial charge in [-0.05, 0) is 18.6 Å². The number of benzene rings is 1. The minimum atomic E-state index is -3.20. The lowest BCUT2D eigenvalue weighted by Gasteiger charge is -2.26. The first kappa shape index (κ1) is 15.9. The predicted octanol–water partition coefficient (Wildman–Crippen LogP) is 0.0415. The number of amides is 1. The maximum atomic E-state index is 12.1. The molecule has 2 N–H and O–H groups in total. The summed E-state index contributed by atoms with van der Waals surface area (Å²) in [4.78, 5) is 11.8. The molecule has 21 heavy (non-hydrogen) atoms. The van der Waals surface area contributed by atoms with Crippen molar-refractivity contribution in [2.75, 3.05) is 38.5 Å². The first-order chi connectivity index (χ1) is 10.1. The van der Waals surface area contributed by atoms with Gasteiger partial charge in [0.25, 0.3) is 5.91 Å². The molecule has 1 saturated heterocycles. The van der Waals surface area contributed by atoms with E-state index in [-0.39, 0.29) is 11.7 Å². The quantitative estimate of drug-likeness (QED) is 0.727. The minimum Gasteiger partial charge on any atom is -0.352 e. The highest BCUT2D eigenvalue weighted by Crippen LogP contribution is 2.04. The van der Waals surface area contributed by atoms with E-state index in [0.717, 1.165) is 0 Å². The molecule has 0 saturated carbocycles. The van der Waals surface area contributed by atoms with Crippen LogP contribution in [-0.2, 0) is 10.0 Å². The van der Waals surface area contributed by atoms with Crippen molar-refractivity contribution in [3.05, 3.63) is 35.9 Å². The smallest absolute Gasteiger partial charge is 0.251 e. The molecule has 0 atom stereocenters. The van der Waals surface area contributed by atoms with Gasteiger partial charge < -0.3 is 10.6 Å². The summed E-state index contributed by atoms with van der Waals surface area (Å²) in [7, 11) is -3.20. The molecule has 116 valence electrons. The first-order valence-electron chi connectivity index (χ1n) is 7.11. The maximum absolute atomic E-state index is 12.1. The Morgan fingerprint density at radius 1 is 1.19 bits per heavy atom. The van der Waals surface area contributed by atoms with E-state index in [0.29, 0.717) is 44.7 Å². The van der Waals surface area contributed by atoms with E-state index in [1.54, 1.807) is 24.3 Å². The van der Waals surface area contributed by atoms with Gasteiger partial charge in [0.2, 0.25) is 10.0 Å². The largest absolute Gasteiger partial charge is 0.352 e. The average molecular weight is 311 g/mol. The summed E-state index contributed by atoms with van der Waals surface area (Å²) >= 11 is 0. The lowest BCUT2D eigenvalue weighted by atomic mass is 10.2. The second kappa shape index (κ2) is 7.53. The van der Waals surface area contributed by atoms with Crippen LogP contribution in [0.2, 0.25) is 0 Å². The molecule has 1 aromatic carbocycles. The van der Waals surface area contributed by atoms with Crippen LogP contribution in [0.5, 0.6) is 0 Å². The third-order valence-corrected chi connectivity index (χ3v) is 5.33. The monoisotopic (exact) mass is 311 g/mol. The number of hydrogen-bond acceptors (Lipinski definition) is 4. The fourth-order valence-electron chi connectivity index (χ4n) is 2.20. The number of carbonyl (C=O) groups excluding carboxylic acids is 1. The van der Waals surface area contributed by atoms with Crippen molar-refractivity contribution < 1.29 is 13.2 Å². The van der Waals surface area contributed by atoms with Crippen LogP contribution in [0, 0.1) is 0 Å². The van der Waals surface area contributed by atoms with E-state index in [9.17, 15) is 13.2 Å². The number of nitrogens with one attached hydrogen (secondary N) is 2. The molecule has 1 fully saturated rings. The molecule has 2 rings (SSSR count). The van der Waals surface area contributed by atoms with E-state index in [1.807, 2.05) is 6.07 Å². The molecule has 0 radical (unpaired) electrons. The van der Waals surface area contributed by atoms with Gasteiger partial charge in [0.1, 0.15) is 0 Å². The Kier molecular flexibility index (Phi) is 5.72. The highest BCUT2D eigenvalue weighted by Gasteiger charge is 2.22. The minimum absolute atomic E-state index is 0.0715. The van der Waals surface area contributed by atoms with Gasteiger partial charge in [-0.1, -0.05) is 18.2 Å². The van der Waals surface area contributed by atoms with Crippen LogP contribution >= 0.6 is 0 Å². The summed E-state index contributed by atoms with van der Waals surface area (Å²) in [6.45, 7) is 2.81. The average Bonchev–Trinajstić information content (AvgIpc) is 2.53. The lowest BCUT2D eigenvalue weighted by Crippen LogP contribution is -2.47. The molecule has 0 bridgehead atoms. The van der Waals surface area contributed by atoms with Crippen LogP contribution in [0.1, 0.15) is 16.8 Å². The van der Waals surface area contributed by atoms with Gasteiger partial charge in [0.05, 0.1) is 5.75 Å². The standard InChI is InChI=1S/C14H21N3O3S/c18-14(13-5-2-1-3-6-13)16-7-4-12-21(19,20)17-10-8-15-9-11-17/h1-3,5-6,15H,4,7-12H2,(H,16,18). The van der Waals surface area contributed by atoms with Crippen LogP contribution in [0.4, 0.5) is 0 Å². The molecule has 1 amide bonds. The maximum Gasteiger partial charge on any atom is 0.251 e. The highest BCUT2D eigenvalue weighted by molar-refractivity contribution is 7.89. The normalized spacial score (nSPS) is 16.6.